The minimum atomic E-state index is 0. The number of nitrogens with zero attached hydrogens (tertiary/aromatic N) is 2. The van der Waals surface area contributed by atoms with Crippen LogP contribution < -0.4 is 10.6 Å². The summed E-state index contributed by atoms with van der Waals surface area (Å²) in [5.41, 5.74) is 2.33. The van der Waals surface area contributed by atoms with Gasteiger partial charge in [0.15, 0.2) is 5.96 Å². The van der Waals surface area contributed by atoms with Crippen LogP contribution in [0.2, 0.25) is 5.02 Å². The number of guanidine groups is 1. The summed E-state index contributed by atoms with van der Waals surface area (Å²) in [7, 11) is 0. The third-order valence-electron chi connectivity index (χ3n) is 6.21. The third kappa shape index (κ3) is 7.01. The van der Waals surface area contributed by atoms with Crippen LogP contribution in [0.25, 0.3) is 10.9 Å². The van der Waals surface area contributed by atoms with E-state index in [-0.39, 0.29) is 29.9 Å². The molecule has 6 nitrogen and oxygen atoms in total. The Kier molecular flexibility index (Phi) is 11.1. The van der Waals surface area contributed by atoms with Crippen LogP contribution in [0.4, 0.5) is 0 Å². The quantitative estimate of drug-likeness (QED) is 0.237. The molecular formula is C24H37ClIN5O. The van der Waals surface area contributed by atoms with Gasteiger partial charge in [-0.1, -0.05) is 25.4 Å². The summed E-state index contributed by atoms with van der Waals surface area (Å²) in [6.45, 7) is 9.44. The first-order valence-corrected chi connectivity index (χ1v) is 12.0. The maximum absolute atomic E-state index is 12.6. The van der Waals surface area contributed by atoms with Gasteiger partial charge < -0.3 is 20.5 Å². The summed E-state index contributed by atoms with van der Waals surface area (Å²) < 4.78 is 0. The molecule has 3 N–H and O–H groups in total. The number of piperidine rings is 1. The number of aromatic amines is 1. The molecule has 0 aliphatic carbocycles. The average molecular weight is 574 g/mol. The van der Waals surface area contributed by atoms with E-state index >= 15 is 0 Å². The van der Waals surface area contributed by atoms with Gasteiger partial charge in [0, 0.05) is 60.3 Å². The van der Waals surface area contributed by atoms with Gasteiger partial charge in [0.05, 0.1) is 0 Å². The van der Waals surface area contributed by atoms with Crippen LogP contribution in [0.5, 0.6) is 0 Å². The van der Waals surface area contributed by atoms with Gasteiger partial charge in [-0.2, -0.15) is 0 Å². The monoisotopic (exact) mass is 573 g/mol. The maximum Gasteiger partial charge on any atom is 0.225 e. The first-order valence-electron chi connectivity index (χ1n) is 11.6. The molecule has 2 heterocycles. The van der Waals surface area contributed by atoms with E-state index in [1.807, 2.05) is 29.3 Å². The Morgan fingerprint density at radius 1 is 1.25 bits per heavy atom. The maximum atomic E-state index is 12.6. The topological polar surface area (TPSA) is 72.5 Å². The predicted molar refractivity (Wildman–Crippen MR) is 145 cm³/mol. The summed E-state index contributed by atoms with van der Waals surface area (Å²) in [5.74, 6) is 1.34. The van der Waals surface area contributed by atoms with Gasteiger partial charge in [-0.15, -0.1) is 24.0 Å². The molecule has 1 saturated heterocycles. The molecule has 1 aliphatic rings. The summed E-state index contributed by atoms with van der Waals surface area (Å²) >= 11 is 6.16. The van der Waals surface area contributed by atoms with Crippen molar-refractivity contribution >= 4 is 58.3 Å². The van der Waals surface area contributed by atoms with Crippen LogP contribution in [0.3, 0.4) is 0 Å². The number of halogens is 2. The first-order chi connectivity index (χ1) is 15.0. The van der Waals surface area contributed by atoms with E-state index < -0.39 is 0 Å². The number of hydrogen-bond donors (Lipinski definition) is 3. The van der Waals surface area contributed by atoms with Crippen LogP contribution in [-0.2, 0) is 11.2 Å². The summed E-state index contributed by atoms with van der Waals surface area (Å²) in [6, 6.07) is 6.26. The Morgan fingerprint density at radius 3 is 2.62 bits per heavy atom. The van der Waals surface area contributed by atoms with Gasteiger partial charge >= 0.3 is 0 Å². The molecular weight excluding hydrogens is 537 g/mol. The lowest BCUT2D eigenvalue weighted by Crippen LogP contribution is -2.50. The largest absolute Gasteiger partial charge is 0.361 e. The first kappa shape index (κ1) is 26.8. The number of hydrogen-bond acceptors (Lipinski definition) is 2. The van der Waals surface area contributed by atoms with Crippen LogP contribution in [0.1, 0.15) is 52.0 Å². The number of carbonyl (C=O) groups excluding carboxylic acids is 1. The number of nitrogens with one attached hydrogen (secondary N) is 3. The molecule has 1 aromatic carbocycles. The zero-order valence-electron chi connectivity index (χ0n) is 19.4. The fourth-order valence-electron chi connectivity index (χ4n) is 4.30. The SMILES string of the molecule is CCNC(=NCCc1c[nH]c2ccc(Cl)cc12)NC1CCN(C(=O)C(CC)CC)CC1.I. The van der Waals surface area contributed by atoms with Crippen molar-refractivity contribution in [1.29, 1.82) is 0 Å². The number of amides is 1. The zero-order valence-corrected chi connectivity index (χ0v) is 22.5. The summed E-state index contributed by atoms with van der Waals surface area (Å²) in [5, 5.41) is 8.84. The molecule has 178 valence electrons. The van der Waals surface area contributed by atoms with E-state index in [1.165, 1.54) is 5.56 Å². The van der Waals surface area contributed by atoms with Crippen molar-refractivity contribution < 1.29 is 4.79 Å². The molecule has 0 saturated carbocycles. The van der Waals surface area contributed by atoms with Gasteiger partial charge in [-0.25, -0.2) is 0 Å². The van der Waals surface area contributed by atoms with Crippen LogP contribution in [-0.4, -0.2) is 54.0 Å². The normalized spacial score (nSPS) is 15.2. The summed E-state index contributed by atoms with van der Waals surface area (Å²) in [6.07, 6.45) is 6.65. The highest BCUT2D eigenvalue weighted by atomic mass is 127. The molecule has 0 unspecified atom stereocenters. The minimum absolute atomic E-state index is 0. The average Bonchev–Trinajstić information content (AvgIpc) is 3.17. The number of rotatable bonds is 8. The fraction of sp³-hybridized carbons (Fsp3) is 0.583. The number of H-pyrrole nitrogens is 1. The Balaban J connectivity index is 0.00000363. The molecule has 0 radical (unpaired) electrons. The molecule has 2 aromatic rings. The highest BCUT2D eigenvalue weighted by Crippen LogP contribution is 2.23. The highest BCUT2D eigenvalue weighted by Gasteiger charge is 2.26. The van der Waals surface area contributed by atoms with Gasteiger partial charge in [0.2, 0.25) is 5.91 Å². The zero-order chi connectivity index (χ0) is 22.2. The lowest BCUT2D eigenvalue weighted by Gasteiger charge is -2.34. The van der Waals surface area contributed by atoms with Crippen LogP contribution >= 0.6 is 35.6 Å². The number of likely N-dealkylation sites (tertiary alicyclic amines) is 1. The Bertz CT molecular complexity index is 888. The van der Waals surface area contributed by atoms with Gasteiger partial charge in [0.25, 0.3) is 0 Å². The molecule has 3 rings (SSSR count). The van der Waals surface area contributed by atoms with Crippen molar-refractivity contribution in [2.45, 2.75) is 58.9 Å². The fourth-order valence-corrected chi connectivity index (χ4v) is 4.47. The lowest BCUT2D eigenvalue weighted by molar-refractivity contribution is -0.136. The number of fused-ring (bicyclic) bond motifs is 1. The number of aliphatic imine (C=N–C) groups is 1. The Labute approximate surface area is 214 Å². The van der Waals surface area contributed by atoms with Gasteiger partial charge in [0.1, 0.15) is 0 Å². The van der Waals surface area contributed by atoms with Crippen LogP contribution in [0.15, 0.2) is 29.4 Å². The van der Waals surface area contributed by atoms with Crippen molar-refractivity contribution in [3.8, 4) is 0 Å². The standard InChI is InChI=1S/C24H36ClN5O.HI/c1-4-17(5-2)23(31)30-13-10-20(11-14-30)29-24(26-6-3)27-12-9-18-16-28-22-8-7-19(25)15-21(18)22;/h7-8,15-17,20,28H,4-6,9-14H2,1-3H3,(H2,26,27,29);1H. The smallest absolute Gasteiger partial charge is 0.225 e. The Hall–Kier alpha value is -1.48. The van der Waals surface area contributed by atoms with E-state index in [2.05, 4.69) is 36.4 Å². The van der Waals surface area contributed by atoms with E-state index in [4.69, 9.17) is 16.6 Å². The van der Waals surface area contributed by atoms with Crippen molar-refractivity contribution in [2.24, 2.45) is 10.9 Å². The third-order valence-corrected chi connectivity index (χ3v) is 6.44. The molecule has 1 aromatic heterocycles. The molecule has 0 spiro atoms. The summed E-state index contributed by atoms with van der Waals surface area (Å²) in [4.78, 5) is 22.8. The molecule has 1 aliphatic heterocycles. The van der Waals surface area contributed by atoms with E-state index in [0.717, 1.165) is 73.6 Å². The Morgan fingerprint density at radius 2 is 1.97 bits per heavy atom. The predicted octanol–water partition coefficient (Wildman–Crippen LogP) is 4.96. The van der Waals surface area contributed by atoms with Crippen molar-refractivity contribution in [1.82, 2.24) is 20.5 Å². The second-order valence-electron chi connectivity index (χ2n) is 8.27. The molecule has 0 bridgehead atoms. The molecule has 1 amide bonds. The highest BCUT2D eigenvalue weighted by molar-refractivity contribution is 14.0. The van der Waals surface area contributed by atoms with Gasteiger partial charge in [-0.05, 0) is 62.8 Å². The second-order valence-corrected chi connectivity index (χ2v) is 8.71. The van der Waals surface area contributed by atoms with E-state index in [9.17, 15) is 4.79 Å². The van der Waals surface area contributed by atoms with E-state index in [1.54, 1.807) is 0 Å². The number of benzene rings is 1. The second kappa shape index (κ2) is 13.3. The van der Waals surface area contributed by atoms with Crippen molar-refractivity contribution in [2.75, 3.05) is 26.2 Å². The lowest BCUT2D eigenvalue weighted by atomic mass is 9.98. The number of aromatic nitrogens is 1. The molecule has 32 heavy (non-hydrogen) atoms. The van der Waals surface area contributed by atoms with Crippen molar-refractivity contribution in [3.63, 3.8) is 0 Å². The van der Waals surface area contributed by atoms with Crippen LogP contribution in [0, 0.1) is 5.92 Å². The molecule has 8 heteroatoms. The minimum Gasteiger partial charge on any atom is -0.361 e. The number of carbonyl (C=O) groups is 1. The molecule has 1 fully saturated rings. The van der Waals surface area contributed by atoms with Gasteiger partial charge in [-0.3, -0.25) is 9.79 Å². The molecule has 0 atom stereocenters. The van der Waals surface area contributed by atoms with Crippen molar-refractivity contribution in [3.05, 3.63) is 35.0 Å². The van der Waals surface area contributed by atoms with E-state index in [0.29, 0.717) is 18.5 Å².